The molecular formula is C36H42ClN3O7. The summed E-state index contributed by atoms with van der Waals surface area (Å²) in [4.78, 5) is 58.2. The van der Waals surface area contributed by atoms with Gasteiger partial charge in [0.2, 0.25) is 11.8 Å². The van der Waals surface area contributed by atoms with Gasteiger partial charge in [0.1, 0.15) is 17.7 Å². The Bertz CT molecular complexity index is 1500. The number of allylic oxidation sites excluding steroid dienone is 1. The predicted molar refractivity (Wildman–Crippen MR) is 177 cm³/mol. The zero-order valence-electron chi connectivity index (χ0n) is 26.6. The highest BCUT2D eigenvalue weighted by molar-refractivity contribution is 6.34. The normalized spacial score (nSPS) is 25.5. The van der Waals surface area contributed by atoms with Gasteiger partial charge in [-0.05, 0) is 50.3 Å². The van der Waals surface area contributed by atoms with Crippen molar-refractivity contribution < 1.29 is 33.8 Å². The SMILES string of the molecule is C=CCCC(=O)NC[C@@H](C)OC(=O)[C@@H]1[C@@H]2CC[C@]3(O2)[C@H](C(=O)N(CC=C)c2ccccc2Cl)N([C@@H](CO)Cc2ccccc2)C(=O)[C@@H]13. The molecule has 5 rings (SSSR count). The molecule has 2 N–H and O–H groups in total. The van der Waals surface area contributed by atoms with E-state index in [0.29, 0.717) is 30.0 Å². The monoisotopic (exact) mass is 663 g/mol. The number of fused-ring (bicyclic) bond motifs is 1. The molecule has 1 spiro atoms. The lowest BCUT2D eigenvalue weighted by atomic mass is 9.70. The number of nitrogens with one attached hydrogen (secondary N) is 1. The summed E-state index contributed by atoms with van der Waals surface area (Å²) in [6.45, 7) is 8.93. The predicted octanol–water partition coefficient (Wildman–Crippen LogP) is 3.85. The average Bonchev–Trinajstić information content (AvgIpc) is 3.72. The molecule has 0 unspecified atom stereocenters. The molecule has 7 atom stereocenters. The third-order valence-corrected chi connectivity index (χ3v) is 9.68. The Labute approximate surface area is 280 Å². The fraction of sp³-hybridized carbons (Fsp3) is 0.444. The Balaban J connectivity index is 1.49. The molecule has 250 valence electrons. The van der Waals surface area contributed by atoms with Gasteiger partial charge in [-0.2, -0.15) is 0 Å². The van der Waals surface area contributed by atoms with Crippen LogP contribution in [0.3, 0.4) is 0 Å². The molecule has 10 nitrogen and oxygen atoms in total. The summed E-state index contributed by atoms with van der Waals surface area (Å²) in [6, 6.07) is 14.4. The van der Waals surface area contributed by atoms with Crippen LogP contribution >= 0.6 is 11.6 Å². The minimum absolute atomic E-state index is 0.106. The van der Waals surface area contributed by atoms with E-state index >= 15 is 0 Å². The van der Waals surface area contributed by atoms with Crippen molar-refractivity contribution in [3.8, 4) is 0 Å². The van der Waals surface area contributed by atoms with Crippen molar-refractivity contribution >= 4 is 41.0 Å². The van der Waals surface area contributed by atoms with Crippen LogP contribution in [-0.4, -0.2) is 83.3 Å². The maximum atomic E-state index is 14.8. The summed E-state index contributed by atoms with van der Waals surface area (Å²) in [7, 11) is 0. The second-order valence-corrected chi connectivity index (χ2v) is 12.8. The van der Waals surface area contributed by atoms with Gasteiger partial charge in [0.25, 0.3) is 5.91 Å². The van der Waals surface area contributed by atoms with Crippen LogP contribution in [0.5, 0.6) is 0 Å². The minimum atomic E-state index is -1.32. The highest BCUT2D eigenvalue weighted by Gasteiger charge is 2.75. The van der Waals surface area contributed by atoms with E-state index in [2.05, 4.69) is 18.5 Å². The molecule has 3 amide bonds. The number of esters is 1. The van der Waals surface area contributed by atoms with Gasteiger partial charge in [0.15, 0.2) is 0 Å². The van der Waals surface area contributed by atoms with Crippen LogP contribution in [0.25, 0.3) is 0 Å². The van der Waals surface area contributed by atoms with Gasteiger partial charge in [0, 0.05) is 13.0 Å². The van der Waals surface area contributed by atoms with E-state index in [1.807, 2.05) is 30.3 Å². The summed E-state index contributed by atoms with van der Waals surface area (Å²) in [5.41, 5.74) is -0.00295. The number of aliphatic hydroxyl groups excluding tert-OH is 1. The van der Waals surface area contributed by atoms with E-state index < -0.39 is 66.1 Å². The van der Waals surface area contributed by atoms with Gasteiger partial charge in [0.05, 0.1) is 47.8 Å². The molecule has 2 bridgehead atoms. The number of carbonyl (C=O) groups excluding carboxylic acids is 4. The lowest BCUT2D eigenvalue weighted by Gasteiger charge is -2.39. The first-order chi connectivity index (χ1) is 22.7. The number of rotatable bonds is 15. The van der Waals surface area contributed by atoms with E-state index in [1.54, 1.807) is 43.3 Å². The van der Waals surface area contributed by atoms with Crippen molar-refractivity contribution in [2.45, 2.75) is 68.9 Å². The van der Waals surface area contributed by atoms with Crippen molar-refractivity contribution in [2.75, 3.05) is 24.6 Å². The number of benzene rings is 2. The molecule has 0 aliphatic carbocycles. The Kier molecular flexibility index (Phi) is 10.8. The van der Waals surface area contributed by atoms with Crippen LogP contribution < -0.4 is 10.2 Å². The molecule has 47 heavy (non-hydrogen) atoms. The largest absolute Gasteiger partial charge is 0.460 e. The van der Waals surface area contributed by atoms with Gasteiger partial charge < -0.3 is 29.7 Å². The maximum Gasteiger partial charge on any atom is 0.312 e. The summed E-state index contributed by atoms with van der Waals surface area (Å²) >= 11 is 6.57. The third-order valence-electron chi connectivity index (χ3n) is 9.36. The number of anilines is 1. The van der Waals surface area contributed by atoms with E-state index in [4.69, 9.17) is 21.1 Å². The number of likely N-dealkylation sites (tertiary alicyclic amines) is 1. The zero-order valence-corrected chi connectivity index (χ0v) is 27.3. The Morgan fingerprint density at radius 1 is 1.17 bits per heavy atom. The first-order valence-electron chi connectivity index (χ1n) is 16.1. The van der Waals surface area contributed by atoms with Crippen molar-refractivity contribution in [3.05, 3.63) is 90.5 Å². The first kappa shape index (κ1) is 34.3. The molecule has 0 saturated carbocycles. The van der Waals surface area contributed by atoms with Gasteiger partial charge >= 0.3 is 5.97 Å². The number of halogens is 1. The van der Waals surface area contributed by atoms with Crippen molar-refractivity contribution in [1.29, 1.82) is 0 Å². The fourth-order valence-corrected chi connectivity index (χ4v) is 7.56. The van der Waals surface area contributed by atoms with Crippen molar-refractivity contribution in [3.63, 3.8) is 0 Å². The van der Waals surface area contributed by atoms with Gasteiger partial charge in [-0.15, -0.1) is 13.2 Å². The standard InChI is InChI=1S/C36H42ClN3O7/c1-4-6-16-29(42)38-21-23(3)46-35(45)30-28-17-18-36(47-28)31(30)33(43)40(25(22-41)20-24-12-8-7-9-13-24)32(36)34(44)39(19-5-2)27-15-11-10-14-26(27)37/h4-5,7-15,23,25,28,30-32,41H,1-2,6,16-22H2,3H3,(H,38,42)/t23-,25-,28+,30-,31-,32+,36-/m1/s1. The highest BCUT2D eigenvalue weighted by atomic mass is 35.5. The molecule has 3 aliphatic rings. The Hall–Kier alpha value is -3.99. The van der Waals surface area contributed by atoms with E-state index in [-0.39, 0.29) is 31.8 Å². The smallest absolute Gasteiger partial charge is 0.312 e. The van der Waals surface area contributed by atoms with Crippen LogP contribution in [-0.2, 0) is 35.1 Å². The number of ether oxygens (including phenoxy) is 2. The summed E-state index contributed by atoms with van der Waals surface area (Å²) < 4.78 is 12.4. The van der Waals surface area contributed by atoms with E-state index in [9.17, 15) is 24.3 Å². The average molecular weight is 664 g/mol. The first-order valence-corrected chi connectivity index (χ1v) is 16.4. The van der Waals surface area contributed by atoms with Gasteiger partial charge in [-0.3, -0.25) is 19.2 Å². The van der Waals surface area contributed by atoms with Crippen molar-refractivity contribution in [1.82, 2.24) is 10.2 Å². The molecule has 0 aromatic heterocycles. The molecule has 2 aromatic rings. The topological polar surface area (TPSA) is 125 Å². The minimum Gasteiger partial charge on any atom is -0.460 e. The molecule has 3 saturated heterocycles. The number of carbonyl (C=O) groups is 4. The fourth-order valence-electron chi connectivity index (χ4n) is 7.32. The van der Waals surface area contributed by atoms with Crippen LogP contribution in [0.15, 0.2) is 79.9 Å². The van der Waals surface area contributed by atoms with E-state index in [0.717, 1.165) is 5.56 Å². The number of nitrogens with zero attached hydrogens (tertiary/aromatic N) is 2. The number of hydrogen-bond donors (Lipinski definition) is 2. The highest BCUT2D eigenvalue weighted by Crippen LogP contribution is 2.59. The van der Waals surface area contributed by atoms with Crippen LogP contribution in [0, 0.1) is 11.8 Å². The Morgan fingerprint density at radius 2 is 1.89 bits per heavy atom. The van der Waals surface area contributed by atoms with E-state index in [1.165, 1.54) is 9.80 Å². The molecule has 2 aromatic carbocycles. The summed E-state index contributed by atoms with van der Waals surface area (Å²) in [5.74, 6) is -3.64. The summed E-state index contributed by atoms with van der Waals surface area (Å²) in [5, 5.41) is 13.8. The number of aliphatic hydroxyl groups is 1. The lowest BCUT2D eigenvalue weighted by Crippen LogP contribution is -2.59. The number of hydrogen-bond acceptors (Lipinski definition) is 7. The van der Waals surface area contributed by atoms with Crippen LogP contribution in [0.4, 0.5) is 5.69 Å². The third kappa shape index (κ3) is 6.72. The summed E-state index contributed by atoms with van der Waals surface area (Å²) in [6.07, 6.45) is 3.85. The molecule has 3 aliphatic heterocycles. The molecule has 3 heterocycles. The quantitative estimate of drug-likeness (QED) is 0.219. The maximum absolute atomic E-state index is 14.8. The number of amides is 3. The Morgan fingerprint density at radius 3 is 2.57 bits per heavy atom. The van der Waals surface area contributed by atoms with Gasteiger partial charge in [-0.1, -0.05) is 66.2 Å². The lowest BCUT2D eigenvalue weighted by molar-refractivity contribution is -0.159. The second kappa shape index (κ2) is 14.8. The van der Waals surface area contributed by atoms with Crippen LogP contribution in [0.1, 0.15) is 38.2 Å². The van der Waals surface area contributed by atoms with Crippen LogP contribution in [0.2, 0.25) is 5.02 Å². The zero-order chi connectivity index (χ0) is 33.7. The second-order valence-electron chi connectivity index (χ2n) is 12.4. The molecular weight excluding hydrogens is 622 g/mol. The van der Waals surface area contributed by atoms with Crippen molar-refractivity contribution in [2.24, 2.45) is 11.8 Å². The number of para-hydroxylation sites is 1. The molecule has 3 fully saturated rings. The molecule has 0 radical (unpaired) electrons. The molecule has 11 heteroatoms. The van der Waals surface area contributed by atoms with Gasteiger partial charge in [-0.25, -0.2) is 0 Å².